The molecule has 2 rings (SSSR count). The van der Waals surface area contributed by atoms with E-state index in [1.807, 2.05) is 24.3 Å². The van der Waals surface area contributed by atoms with E-state index in [0.29, 0.717) is 6.42 Å². The average molecular weight is 236 g/mol. The summed E-state index contributed by atoms with van der Waals surface area (Å²) in [6.45, 7) is 3.41. The lowest BCUT2D eigenvalue weighted by atomic mass is 10.3. The standard InChI is InChI=1S/C12H20N4O/c1-15-10-11(9-14-15)8-13-5-4-12(17)16-6-2-3-7-16/h9-10,13H,2-8H2,1H3. The van der Waals surface area contributed by atoms with Gasteiger partial charge in [-0.05, 0) is 12.8 Å². The molecule has 5 heteroatoms. The molecule has 1 aromatic heterocycles. The quantitative estimate of drug-likeness (QED) is 0.758. The minimum absolute atomic E-state index is 0.279. The molecule has 94 valence electrons. The predicted octanol–water partition coefficient (Wildman–Crippen LogP) is 0.522. The van der Waals surface area contributed by atoms with Gasteiger partial charge in [-0.25, -0.2) is 0 Å². The van der Waals surface area contributed by atoms with Crippen molar-refractivity contribution in [1.82, 2.24) is 20.0 Å². The number of carbonyl (C=O) groups excluding carboxylic acids is 1. The maximum atomic E-state index is 11.7. The summed E-state index contributed by atoms with van der Waals surface area (Å²) < 4.78 is 1.78. The van der Waals surface area contributed by atoms with Gasteiger partial charge < -0.3 is 10.2 Å². The summed E-state index contributed by atoms with van der Waals surface area (Å²) in [7, 11) is 1.90. The lowest BCUT2D eigenvalue weighted by Crippen LogP contribution is -2.30. The molecule has 0 atom stereocenters. The molecule has 1 saturated heterocycles. The van der Waals surface area contributed by atoms with Gasteiger partial charge in [-0.15, -0.1) is 0 Å². The predicted molar refractivity (Wildman–Crippen MR) is 65.3 cm³/mol. The number of aromatic nitrogens is 2. The van der Waals surface area contributed by atoms with E-state index in [2.05, 4.69) is 10.4 Å². The number of nitrogens with one attached hydrogen (secondary N) is 1. The highest BCUT2D eigenvalue weighted by molar-refractivity contribution is 5.76. The number of hydrogen-bond acceptors (Lipinski definition) is 3. The van der Waals surface area contributed by atoms with Gasteiger partial charge in [0.2, 0.25) is 5.91 Å². The van der Waals surface area contributed by atoms with Crippen LogP contribution in [0.4, 0.5) is 0 Å². The summed E-state index contributed by atoms with van der Waals surface area (Å²) in [4.78, 5) is 13.7. The molecule has 0 radical (unpaired) electrons. The molecular weight excluding hydrogens is 216 g/mol. The Labute approximate surface area is 102 Å². The number of carbonyl (C=O) groups is 1. The van der Waals surface area contributed by atoms with Crippen molar-refractivity contribution in [2.45, 2.75) is 25.8 Å². The van der Waals surface area contributed by atoms with Gasteiger partial charge in [0.1, 0.15) is 0 Å². The van der Waals surface area contributed by atoms with Gasteiger partial charge in [-0.2, -0.15) is 5.10 Å². The highest BCUT2D eigenvalue weighted by Crippen LogP contribution is 2.08. The third kappa shape index (κ3) is 3.56. The zero-order valence-corrected chi connectivity index (χ0v) is 10.4. The smallest absolute Gasteiger partial charge is 0.223 e. The minimum Gasteiger partial charge on any atom is -0.343 e. The van der Waals surface area contributed by atoms with E-state index in [0.717, 1.165) is 44.6 Å². The van der Waals surface area contributed by atoms with E-state index in [4.69, 9.17) is 0 Å². The second-order valence-corrected chi connectivity index (χ2v) is 4.54. The number of rotatable bonds is 5. The van der Waals surface area contributed by atoms with Gasteiger partial charge >= 0.3 is 0 Å². The van der Waals surface area contributed by atoms with Crippen molar-refractivity contribution in [3.63, 3.8) is 0 Å². The second kappa shape index (κ2) is 5.82. The van der Waals surface area contributed by atoms with E-state index in [1.165, 1.54) is 0 Å². The van der Waals surface area contributed by atoms with E-state index in [1.54, 1.807) is 4.68 Å². The molecule has 0 bridgehead atoms. The number of aryl methyl sites for hydroxylation is 1. The zero-order chi connectivity index (χ0) is 12.1. The summed E-state index contributed by atoms with van der Waals surface area (Å²) in [5, 5.41) is 7.36. The maximum Gasteiger partial charge on any atom is 0.223 e. The zero-order valence-electron chi connectivity index (χ0n) is 10.4. The summed E-state index contributed by atoms with van der Waals surface area (Å²) in [5.41, 5.74) is 1.15. The second-order valence-electron chi connectivity index (χ2n) is 4.54. The van der Waals surface area contributed by atoms with Crippen LogP contribution in [0.2, 0.25) is 0 Å². The van der Waals surface area contributed by atoms with Crippen LogP contribution >= 0.6 is 0 Å². The molecule has 2 heterocycles. The largest absolute Gasteiger partial charge is 0.343 e. The van der Waals surface area contributed by atoms with Gasteiger partial charge in [0.25, 0.3) is 0 Å². The molecule has 0 aliphatic carbocycles. The van der Waals surface area contributed by atoms with Crippen LogP contribution in [-0.2, 0) is 18.4 Å². The highest BCUT2D eigenvalue weighted by Gasteiger charge is 2.16. The molecule has 0 aromatic carbocycles. The van der Waals surface area contributed by atoms with Gasteiger partial charge in [-0.1, -0.05) is 0 Å². The Morgan fingerprint density at radius 1 is 1.47 bits per heavy atom. The van der Waals surface area contributed by atoms with Crippen LogP contribution in [-0.4, -0.2) is 40.2 Å². The Balaban J connectivity index is 1.61. The van der Waals surface area contributed by atoms with Crippen molar-refractivity contribution in [2.24, 2.45) is 7.05 Å². The van der Waals surface area contributed by atoms with Crippen molar-refractivity contribution in [3.05, 3.63) is 18.0 Å². The van der Waals surface area contributed by atoms with Gasteiger partial charge in [0, 0.05) is 51.4 Å². The number of amides is 1. The van der Waals surface area contributed by atoms with Crippen molar-refractivity contribution in [3.8, 4) is 0 Å². The molecule has 5 nitrogen and oxygen atoms in total. The molecule has 1 aliphatic rings. The summed E-state index contributed by atoms with van der Waals surface area (Å²) in [6.07, 6.45) is 6.74. The molecule has 0 spiro atoms. The lowest BCUT2D eigenvalue weighted by Gasteiger charge is -2.14. The molecule has 1 fully saturated rings. The molecule has 0 saturated carbocycles. The van der Waals surface area contributed by atoms with Gasteiger partial charge in [-0.3, -0.25) is 9.48 Å². The Bertz CT molecular complexity index is 368. The summed E-state index contributed by atoms with van der Waals surface area (Å²) >= 11 is 0. The first kappa shape index (κ1) is 12.1. The lowest BCUT2D eigenvalue weighted by molar-refractivity contribution is -0.130. The monoisotopic (exact) mass is 236 g/mol. The Morgan fingerprint density at radius 2 is 2.24 bits per heavy atom. The van der Waals surface area contributed by atoms with Crippen LogP contribution in [0.5, 0.6) is 0 Å². The average Bonchev–Trinajstić information content (AvgIpc) is 2.95. The fraction of sp³-hybridized carbons (Fsp3) is 0.667. The number of nitrogens with zero attached hydrogens (tertiary/aromatic N) is 3. The van der Waals surface area contributed by atoms with E-state index in [9.17, 15) is 4.79 Å². The first-order chi connectivity index (χ1) is 8.25. The van der Waals surface area contributed by atoms with Crippen LogP contribution in [0.25, 0.3) is 0 Å². The van der Waals surface area contributed by atoms with Crippen molar-refractivity contribution in [1.29, 1.82) is 0 Å². The molecule has 1 aliphatic heterocycles. The molecular formula is C12H20N4O. The topological polar surface area (TPSA) is 50.2 Å². The molecule has 17 heavy (non-hydrogen) atoms. The van der Waals surface area contributed by atoms with Crippen LogP contribution in [0, 0.1) is 0 Å². The SMILES string of the molecule is Cn1cc(CNCCC(=O)N2CCCC2)cn1. The Hall–Kier alpha value is -1.36. The van der Waals surface area contributed by atoms with Crippen LogP contribution in [0.1, 0.15) is 24.8 Å². The van der Waals surface area contributed by atoms with E-state index in [-0.39, 0.29) is 5.91 Å². The van der Waals surface area contributed by atoms with E-state index >= 15 is 0 Å². The van der Waals surface area contributed by atoms with Gasteiger partial charge in [0.05, 0.1) is 6.20 Å². The summed E-state index contributed by atoms with van der Waals surface area (Å²) in [6, 6.07) is 0. The Kier molecular flexibility index (Phi) is 4.14. The normalized spacial score (nSPS) is 15.5. The fourth-order valence-electron chi connectivity index (χ4n) is 2.12. The molecule has 1 amide bonds. The molecule has 1 aromatic rings. The van der Waals surface area contributed by atoms with Crippen LogP contribution < -0.4 is 5.32 Å². The first-order valence-corrected chi connectivity index (χ1v) is 6.22. The maximum absolute atomic E-state index is 11.7. The number of likely N-dealkylation sites (tertiary alicyclic amines) is 1. The Morgan fingerprint density at radius 3 is 2.88 bits per heavy atom. The van der Waals surface area contributed by atoms with Crippen molar-refractivity contribution < 1.29 is 4.79 Å². The van der Waals surface area contributed by atoms with Gasteiger partial charge in [0.15, 0.2) is 0 Å². The van der Waals surface area contributed by atoms with Crippen molar-refractivity contribution >= 4 is 5.91 Å². The molecule has 0 unspecified atom stereocenters. The molecule has 1 N–H and O–H groups in total. The minimum atomic E-state index is 0.279. The third-order valence-electron chi connectivity index (χ3n) is 3.06. The number of hydrogen-bond donors (Lipinski definition) is 1. The van der Waals surface area contributed by atoms with Crippen LogP contribution in [0.3, 0.4) is 0 Å². The van der Waals surface area contributed by atoms with Crippen LogP contribution in [0.15, 0.2) is 12.4 Å². The highest BCUT2D eigenvalue weighted by atomic mass is 16.2. The fourth-order valence-corrected chi connectivity index (χ4v) is 2.12. The van der Waals surface area contributed by atoms with E-state index < -0.39 is 0 Å². The summed E-state index contributed by atoms with van der Waals surface area (Å²) in [5.74, 6) is 0.279. The first-order valence-electron chi connectivity index (χ1n) is 6.22. The third-order valence-corrected chi connectivity index (χ3v) is 3.06. The van der Waals surface area contributed by atoms with Crippen molar-refractivity contribution in [2.75, 3.05) is 19.6 Å².